The first-order valence-electron chi connectivity index (χ1n) is 7.52. The molecule has 1 amide bonds. The third-order valence-corrected chi connectivity index (χ3v) is 5.77. The Labute approximate surface area is 147 Å². The highest BCUT2D eigenvalue weighted by Gasteiger charge is 2.17. The molecule has 0 aliphatic heterocycles. The van der Waals surface area contributed by atoms with E-state index in [-0.39, 0.29) is 10.8 Å². The SMILES string of the molecule is CCc1ccc(-c2csc(NC(=O)c3sc(=O)n(C)c3C)n2)cc1. The smallest absolute Gasteiger partial charge is 0.306 e. The summed E-state index contributed by atoms with van der Waals surface area (Å²) in [5.74, 6) is -0.294. The summed E-state index contributed by atoms with van der Waals surface area (Å²) in [5, 5.41) is 5.22. The van der Waals surface area contributed by atoms with Crippen LogP contribution in [0.4, 0.5) is 5.13 Å². The number of thiazole rings is 2. The fraction of sp³-hybridized carbons (Fsp3) is 0.235. The van der Waals surface area contributed by atoms with E-state index in [2.05, 4.69) is 29.4 Å². The van der Waals surface area contributed by atoms with Crippen LogP contribution in [0.3, 0.4) is 0 Å². The number of carbonyl (C=O) groups is 1. The first-order chi connectivity index (χ1) is 11.5. The molecule has 3 aromatic rings. The van der Waals surface area contributed by atoms with E-state index in [4.69, 9.17) is 0 Å². The Morgan fingerprint density at radius 1 is 1.29 bits per heavy atom. The summed E-state index contributed by atoms with van der Waals surface area (Å²) in [7, 11) is 1.66. The number of aromatic nitrogens is 2. The van der Waals surface area contributed by atoms with E-state index < -0.39 is 0 Å². The van der Waals surface area contributed by atoms with Gasteiger partial charge in [0, 0.05) is 23.7 Å². The van der Waals surface area contributed by atoms with E-state index in [1.165, 1.54) is 21.5 Å². The van der Waals surface area contributed by atoms with Gasteiger partial charge in [-0.3, -0.25) is 14.9 Å². The molecular formula is C17H17N3O2S2. The molecule has 1 aromatic carbocycles. The van der Waals surface area contributed by atoms with Crippen molar-refractivity contribution in [2.75, 3.05) is 5.32 Å². The molecule has 24 heavy (non-hydrogen) atoms. The van der Waals surface area contributed by atoms with Crippen LogP contribution in [0.2, 0.25) is 0 Å². The van der Waals surface area contributed by atoms with Crippen molar-refractivity contribution >= 4 is 33.7 Å². The lowest BCUT2D eigenvalue weighted by Crippen LogP contribution is -2.12. The summed E-state index contributed by atoms with van der Waals surface area (Å²) in [6, 6.07) is 8.23. The third-order valence-electron chi connectivity index (χ3n) is 3.88. The largest absolute Gasteiger partial charge is 0.307 e. The second kappa shape index (κ2) is 6.70. The summed E-state index contributed by atoms with van der Waals surface area (Å²) in [6.07, 6.45) is 0.998. The molecular weight excluding hydrogens is 342 g/mol. The van der Waals surface area contributed by atoms with Crippen LogP contribution in [0.15, 0.2) is 34.4 Å². The molecule has 1 N–H and O–H groups in total. The van der Waals surface area contributed by atoms with Crippen LogP contribution in [0.1, 0.15) is 27.9 Å². The fourth-order valence-electron chi connectivity index (χ4n) is 2.26. The van der Waals surface area contributed by atoms with Gasteiger partial charge in [0.05, 0.1) is 5.69 Å². The van der Waals surface area contributed by atoms with Gasteiger partial charge < -0.3 is 4.57 Å². The van der Waals surface area contributed by atoms with Gasteiger partial charge in [0.1, 0.15) is 4.88 Å². The predicted octanol–water partition coefficient (Wildman–Crippen LogP) is 3.69. The molecule has 0 atom stereocenters. The van der Waals surface area contributed by atoms with Crippen molar-refractivity contribution in [2.45, 2.75) is 20.3 Å². The van der Waals surface area contributed by atoms with Crippen LogP contribution in [0.5, 0.6) is 0 Å². The Morgan fingerprint density at radius 2 is 2.00 bits per heavy atom. The van der Waals surface area contributed by atoms with E-state index in [0.29, 0.717) is 15.7 Å². The summed E-state index contributed by atoms with van der Waals surface area (Å²) in [5.41, 5.74) is 3.78. The highest BCUT2D eigenvalue weighted by Crippen LogP contribution is 2.26. The maximum absolute atomic E-state index is 12.3. The first kappa shape index (κ1) is 16.6. The maximum atomic E-state index is 12.3. The third kappa shape index (κ3) is 3.18. The number of carbonyl (C=O) groups excluding carboxylic acids is 1. The van der Waals surface area contributed by atoms with E-state index in [0.717, 1.165) is 29.0 Å². The number of hydrogen-bond donors (Lipinski definition) is 1. The second-order valence-electron chi connectivity index (χ2n) is 5.38. The number of anilines is 1. The van der Waals surface area contributed by atoms with Crippen LogP contribution in [0.25, 0.3) is 11.3 Å². The van der Waals surface area contributed by atoms with Crippen molar-refractivity contribution < 1.29 is 4.79 Å². The summed E-state index contributed by atoms with van der Waals surface area (Å²) >= 11 is 2.32. The minimum Gasteiger partial charge on any atom is -0.306 e. The Kier molecular flexibility index (Phi) is 4.64. The Hall–Kier alpha value is -2.25. The summed E-state index contributed by atoms with van der Waals surface area (Å²) in [4.78, 5) is 28.7. The van der Waals surface area contributed by atoms with Crippen LogP contribution in [0, 0.1) is 6.92 Å². The van der Waals surface area contributed by atoms with Crippen LogP contribution < -0.4 is 10.2 Å². The summed E-state index contributed by atoms with van der Waals surface area (Å²) < 4.78 is 1.47. The minimum absolute atomic E-state index is 0.145. The number of hydrogen-bond acceptors (Lipinski definition) is 5. The fourth-order valence-corrected chi connectivity index (χ4v) is 3.85. The highest BCUT2D eigenvalue weighted by atomic mass is 32.1. The maximum Gasteiger partial charge on any atom is 0.307 e. The molecule has 124 valence electrons. The highest BCUT2D eigenvalue weighted by molar-refractivity contribution is 7.14. The minimum atomic E-state index is -0.294. The van der Waals surface area contributed by atoms with Gasteiger partial charge in [0.2, 0.25) is 0 Å². The van der Waals surface area contributed by atoms with Crippen LogP contribution in [-0.2, 0) is 13.5 Å². The van der Waals surface area contributed by atoms with Gasteiger partial charge in [0.15, 0.2) is 5.13 Å². The zero-order valence-corrected chi connectivity index (χ0v) is 15.3. The van der Waals surface area contributed by atoms with Gasteiger partial charge in [-0.05, 0) is 18.9 Å². The topological polar surface area (TPSA) is 64.0 Å². The normalized spacial score (nSPS) is 10.8. The molecule has 5 nitrogen and oxygen atoms in total. The summed E-state index contributed by atoms with van der Waals surface area (Å²) in [6.45, 7) is 3.88. The van der Waals surface area contributed by atoms with Gasteiger partial charge >= 0.3 is 4.87 Å². The predicted molar refractivity (Wildman–Crippen MR) is 99.2 cm³/mol. The van der Waals surface area contributed by atoms with E-state index >= 15 is 0 Å². The van der Waals surface area contributed by atoms with Gasteiger partial charge in [-0.1, -0.05) is 42.5 Å². The van der Waals surface area contributed by atoms with Crippen molar-refractivity contribution in [1.29, 1.82) is 0 Å². The Bertz CT molecular complexity index is 936. The molecule has 0 saturated heterocycles. The van der Waals surface area contributed by atoms with Crippen molar-refractivity contribution in [3.05, 3.63) is 55.4 Å². The molecule has 0 saturated carbocycles. The molecule has 2 aromatic heterocycles. The van der Waals surface area contributed by atoms with Crippen molar-refractivity contribution in [1.82, 2.24) is 9.55 Å². The quantitative estimate of drug-likeness (QED) is 0.773. The zero-order valence-electron chi connectivity index (χ0n) is 13.6. The van der Waals surface area contributed by atoms with E-state index in [1.807, 2.05) is 17.5 Å². The molecule has 0 aliphatic rings. The average Bonchev–Trinajstić information content (AvgIpc) is 3.15. The Balaban J connectivity index is 1.79. The molecule has 2 heterocycles. The average molecular weight is 359 g/mol. The molecule has 3 rings (SSSR count). The number of aryl methyl sites for hydroxylation is 1. The van der Waals surface area contributed by atoms with Crippen LogP contribution >= 0.6 is 22.7 Å². The van der Waals surface area contributed by atoms with Crippen molar-refractivity contribution in [3.8, 4) is 11.3 Å². The molecule has 0 radical (unpaired) electrons. The second-order valence-corrected chi connectivity index (χ2v) is 7.20. The number of benzene rings is 1. The molecule has 0 fully saturated rings. The molecule has 0 aliphatic carbocycles. The number of amides is 1. The number of nitrogens with one attached hydrogen (secondary N) is 1. The van der Waals surface area contributed by atoms with Crippen molar-refractivity contribution in [2.24, 2.45) is 7.05 Å². The monoisotopic (exact) mass is 359 g/mol. The molecule has 7 heteroatoms. The lowest BCUT2D eigenvalue weighted by atomic mass is 10.1. The Morgan fingerprint density at radius 3 is 2.58 bits per heavy atom. The van der Waals surface area contributed by atoms with Crippen LogP contribution in [-0.4, -0.2) is 15.5 Å². The lowest BCUT2D eigenvalue weighted by Gasteiger charge is -2.01. The first-order valence-corrected chi connectivity index (χ1v) is 9.21. The molecule has 0 bridgehead atoms. The van der Waals surface area contributed by atoms with Gasteiger partial charge in [-0.15, -0.1) is 11.3 Å². The standard InChI is InChI=1S/C17H17N3O2S2/c1-4-11-5-7-12(8-6-11)13-9-23-16(18-13)19-15(21)14-10(2)20(3)17(22)24-14/h5-9H,4H2,1-3H3,(H,18,19,21). The van der Waals surface area contributed by atoms with Gasteiger partial charge in [0.25, 0.3) is 5.91 Å². The lowest BCUT2D eigenvalue weighted by molar-refractivity contribution is 0.102. The van der Waals surface area contributed by atoms with Gasteiger partial charge in [-0.25, -0.2) is 4.98 Å². The van der Waals surface area contributed by atoms with E-state index in [9.17, 15) is 9.59 Å². The number of nitrogens with zero attached hydrogens (tertiary/aromatic N) is 2. The zero-order chi connectivity index (χ0) is 17.3. The molecule has 0 spiro atoms. The van der Waals surface area contributed by atoms with Gasteiger partial charge in [-0.2, -0.15) is 0 Å². The van der Waals surface area contributed by atoms with Crippen molar-refractivity contribution in [3.63, 3.8) is 0 Å². The number of rotatable bonds is 4. The van der Waals surface area contributed by atoms with E-state index in [1.54, 1.807) is 14.0 Å². The molecule has 0 unspecified atom stereocenters.